The number of benzene rings is 3. The van der Waals surface area contributed by atoms with Gasteiger partial charge in [0.05, 0.1) is 11.3 Å². The SMILES string of the molecule is CC(C)C1CCNc2c(C(=O)Nc3ccccc3)cc(Cc3ccccc3)cc21. The summed E-state index contributed by atoms with van der Waals surface area (Å²) in [6.45, 7) is 5.44. The standard InChI is InChI=1S/C26H28N2O/c1-18(2)22-13-14-27-25-23(22)16-20(15-19-9-5-3-6-10-19)17-24(25)26(29)28-21-11-7-4-8-12-21/h3-12,16-18,22,27H,13-15H2,1-2H3,(H,28,29). The van der Waals surface area contributed by atoms with Crippen molar-refractivity contribution >= 4 is 17.3 Å². The first-order valence-electron chi connectivity index (χ1n) is 10.4. The van der Waals surface area contributed by atoms with E-state index in [1.54, 1.807) is 0 Å². The second kappa shape index (κ2) is 8.52. The van der Waals surface area contributed by atoms with Crippen LogP contribution in [0.4, 0.5) is 11.4 Å². The van der Waals surface area contributed by atoms with Crippen LogP contribution < -0.4 is 10.6 Å². The molecule has 1 heterocycles. The number of nitrogens with one attached hydrogen (secondary N) is 2. The van der Waals surface area contributed by atoms with Gasteiger partial charge in [-0.3, -0.25) is 4.79 Å². The number of carbonyl (C=O) groups is 1. The van der Waals surface area contributed by atoms with Gasteiger partial charge in [0.25, 0.3) is 5.91 Å². The highest BCUT2D eigenvalue weighted by Gasteiger charge is 2.27. The number of hydrogen-bond donors (Lipinski definition) is 2. The van der Waals surface area contributed by atoms with Crippen molar-refractivity contribution in [1.82, 2.24) is 0 Å². The molecular weight excluding hydrogens is 356 g/mol. The van der Waals surface area contributed by atoms with E-state index in [9.17, 15) is 4.79 Å². The third kappa shape index (κ3) is 4.34. The molecule has 4 rings (SSSR count). The van der Waals surface area contributed by atoms with Crippen molar-refractivity contribution in [2.45, 2.75) is 32.6 Å². The fourth-order valence-corrected chi connectivity index (χ4v) is 4.25. The summed E-state index contributed by atoms with van der Waals surface area (Å²) in [6.07, 6.45) is 1.92. The number of fused-ring (bicyclic) bond motifs is 1. The van der Waals surface area contributed by atoms with Gasteiger partial charge in [-0.1, -0.05) is 68.4 Å². The zero-order valence-corrected chi connectivity index (χ0v) is 17.1. The van der Waals surface area contributed by atoms with Crippen LogP contribution in [0.3, 0.4) is 0 Å². The zero-order chi connectivity index (χ0) is 20.2. The van der Waals surface area contributed by atoms with Crippen LogP contribution in [0.5, 0.6) is 0 Å². The Bertz CT molecular complexity index is 980. The van der Waals surface area contributed by atoms with Crippen LogP contribution in [0.2, 0.25) is 0 Å². The molecule has 0 fully saturated rings. The molecule has 3 nitrogen and oxygen atoms in total. The van der Waals surface area contributed by atoms with Crippen molar-refractivity contribution in [2.24, 2.45) is 5.92 Å². The topological polar surface area (TPSA) is 41.1 Å². The first-order valence-corrected chi connectivity index (χ1v) is 10.4. The summed E-state index contributed by atoms with van der Waals surface area (Å²) in [5.41, 5.74) is 6.27. The summed E-state index contributed by atoms with van der Waals surface area (Å²) in [7, 11) is 0. The third-order valence-electron chi connectivity index (χ3n) is 5.72. The molecule has 3 aromatic carbocycles. The van der Waals surface area contributed by atoms with Crippen molar-refractivity contribution in [3.05, 3.63) is 95.1 Å². The Hall–Kier alpha value is -3.07. The van der Waals surface area contributed by atoms with Crippen LogP contribution in [0.1, 0.15) is 53.2 Å². The summed E-state index contributed by atoms with van der Waals surface area (Å²) in [5, 5.41) is 6.58. The summed E-state index contributed by atoms with van der Waals surface area (Å²) in [5.74, 6) is 0.942. The highest BCUT2D eigenvalue weighted by molar-refractivity contribution is 6.08. The number of para-hydroxylation sites is 1. The molecule has 0 saturated heterocycles. The van der Waals surface area contributed by atoms with E-state index in [0.717, 1.165) is 36.3 Å². The first kappa shape index (κ1) is 19.3. The molecule has 0 radical (unpaired) electrons. The fraction of sp³-hybridized carbons (Fsp3) is 0.269. The largest absolute Gasteiger partial charge is 0.384 e. The van der Waals surface area contributed by atoms with Gasteiger partial charge in [-0.25, -0.2) is 0 Å². The lowest BCUT2D eigenvalue weighted by molar-refractivity contribution is 0.102. The molecule has 2 N–H and O–H groups in total. The molecule has 148 valence electrons. The first-order chi connectivity index (χ1) is 14.1. The smallest absolute Gasteiger partial charge is 0.257 e. The number of rotatable bonds is 5. The molecule has 0 aromatic heterocycles. The maximum Gasteiger partial charge on any atom is 0.257 e. The van der Waals surface area contributed by atoms with Gasteiger partial charge in [-0.05, 0) is 59.6 Å². The molecule has 0 bridgehead atoms. The third-order valence-corrected chi connectivity index (χ3v) is 5.72. The molecule has 3 aromatic rings. The predicted octanol–water partition coefficient (Wildman–Crippen LogP) is 6.08. The van der Waals surface area contributed by atoms with E-state index in [0.29, 0.717) is 11.8 Å². The molecule has 1 atom stereocenters. The van der Waals surface area contributed by atoms with Crippen molar-refractivity contribution in [3.8, 4) is 0 Å². The van der Waals surface area contributed by atoms with Gasteiger partial charge in [-0.15, -0.1) is 0 Å². The second-order valence-electron chi connectivity index (χ2n) is 8.16. The van der Waals surface area contributed by atoms with Crippen molar-refractivity contribution in [2.75, 3.05) is 17.2 Å². The normalized spacial score (nSPS) is 15.5. The van der Waals surface area contributed by atoms with Crippen LogP contribution in [0.15, 0.2) is 72.8 Å². The monoisotopic (exact) mass is 384 g/mol. The van der Waals surface area contributed by atoms with Crippen LogP contribution in [0.25, 0.3) is 0 Å². The quantitative estimate of drug-likeness (QED) is 0.559. The molecule has 1 amide bonds. The van der Waals surface area contributed by atoms with Crippen LogP contribution in [-0.4, -0.2) is 12.5 Å². The van der Waals surface area contributed by atoms with Crippen molar-refractivity contribution < 1.29 is 4.79 Å². The van der Waals surface area contributed by atoms with E-state index >= 15 is 0 Å². The molecule has 1 unspecified atom stereocenters. The predicted molar refractivity (Wildman–Crippen MR) is 121 cm³/mol. The highest BCUT2D eigenvalue weighted by atomic mass is 16.1. The summed E-state index contributed by atoms with van der Waals surface area (Å²) in [6, 6.07) is 24.5. The van der Waals surface area contributed by atoms with Gasteiger partial charge < -0.3 is 10.6 Å². The minimum atomic E-state index is -0.0562. The Morgan fingerprint density at radius 1 is 1.00 bits per heavy atom. The van der Waals surface area contributed by atoms with E-state index in [4.69, 9.17) is 0 Å². The van der Waals surface area contributed by atoms with Gasteiger partial charge >= 0.3 is 0 Å². The second-order valence-corrected chi connectivity index (χ2v) is 8.16. The summed E-state index contributed by atoms with van der Waals surface area (Å²) < 4.78 is 0. The Kier molecular flexibility index (Phi) is 5.66. The average Bonchev–Trinajstić information content (AvgIpc) is 2.74. The fourth-order valence-electron chi connectivity index (χ4n) is 4.25. The van der Waals surface area contributed by atoms with Crippen LogP contribution in [0, 0.1) is 5.92 Å². The molecule has 29 heavy (non-hydrogen) atoms. The maximum absolute atomic E-state index is 13.2. The lowest BCUT2D eigenvalue weighted by Gasteiger charge is -2.31. The molecule has 0 spiro atoms. The van der Waals surface area contributed by atoms with E-state index in [1.807, 2.05) is 36.4 Å². The average molecular weight is 385 g/mol. The molecule has 0 saturated carbocycles. The van der Waals surface area contributed by atoms with E-state index in [-0.39, 0.29) is 5.91 Å². The van der Waals surface area contributed by atoms with Crippen molar-refractivity contribution in [1.29, 1.82) is 0 Å². The Morgan fingerprint density at radius 2 is 1.69 bits per heavy atom. The Morgan fingerprint density at radius 3 is 2.38 bits per heavy atom. The maximum atomic E-state index is 13.2. The number of hydrogen-bond acceptors (Lipinski definition) is 2. The van der Waals surface area contributed by atoms with E-state index in [1.165, 1.54) is 16.7 Å². The highest BCUT2D eigenvalue weighted by Crippen LogP contribution is 2.40. The molecule has 1 aliphatic heterocycles. The van der Waals surface area contributed by atoms with Crippen molar-refractivity contribution in [3.63, 3.8) is 0 Å². The van der Waals surface area contributed by atoms with Gasteiger partial charge in [0.1, 0.15) is 0 Å². The summed E-state index contributed by atoms with van der Waals surface area (Å²) >= 11 is 0. The number of anilines is 2. The summed E-state index contributed by atoms with van der Waals surface area (Å²) in [4.78, 5) is 13.2. The lowest BCUT2D eigenvalue weighted by Crippen LogP contribution is -2.24. The Balaban J connectivity index is 1.75. The number of amides is 1. The van der Waals surface area contributed by atoms with Gasteiger partial charge in [0.15, 0.2) is 0 Å². The molecule has 0 aliphatic carbocycles. The minimum Gasteiger partial charge on any atom is -0.384 e. The minimum absolute atomic E-state index is 0.0562. The zero-order valence-electron chi connectivity index (χ0n) is 17.1. The van der Waals surface area contributed by atoms with Gasteiger partial charge in [0.2, 0.25) is 0 Å². The van der Waals surface area contributed by atoms with Gasteiger partial charge in [0, 0.05) is 12.2 Å². The molecular formula is C26H28N2O. The molecule has 3 heteroatoms. The van der Waals surface area contributed by atoms with E-state index in [2.05, 4.69) is 60.9 Å². The van der Waals surface area contributed by atoms with Crippen LogP contribution in [-0.2, 0) is 6.42 Å². The Labute approximate surface area is 173 Å². The lowest BCUT2D eigenvalue weighted by atomic mass is 9.80. The van der Waals surface area contributed by atoms with Crippen LogP contribution >= 0.6 is 0 Å². The number of carbonyl (C=O) groups excluding carboxylic acids is 1. The van der Waals surface area contributed by atoms with Gasteiger partial charge in [-0.2, -0.15) is 0 Å². The molecule has 1 aliphatic rings. The van der Waals surface area contributed by atoms with E-state index < -0.39 is 0 Å².